The van der Waals surface area contributed by atoms with Crippen LogP contribution in [0.3, 0.4) is 0 Å². The summed E-state index contributed by atoms with van der Waals surface area (Å²) in [5.74, 6) is 2.80. The summed E-state index contributed by atoms with van der Waals surface area (Å²) in [5, 5.41) is 0. The normalized spacial score (nSPS) is 35.8. The fourth-order valence-electron chi connectivity index (χ4n) is 5.64. The van der Waals surface area contributed by atoms with Crippen LogP contribution in [0.4, 0.5) is 0 Å². The highest BCUT2D eigenvalue weighted by Crippen LogP contribution is 2.52. The molecule has 0 amide bonds. The Hall–Kier alpha value is -0.530. The highest BCUT2D eigenvalue weighted by Gasteiger charge is 2.53. The number of ether oxygens (including phenoxy) is 1. The van der Waals surface area contributed by atoms with E-state index in [-0.39, 0.29) is 17.0 Å². The molecule has 2 aliphatic rings. The van der Waals surface area contributed by atoms with Crippen LogP contribution in [-0.4, -0.2) is 11.6 Å². The SMILES string of the molecule is CCC1(OC(=O)C(C)(CC(C)C)C(C)C)C(C)CC2CCCC1C2. The van der Waals surface area contributed by atoms with Crippen molar-refractivity contribution in [1.82, 2.24) is 0 Å². The Bertz CT molecular complexity index is 439. The number of carbonyl (C=O) groups is 1. The Morgan fingerprint density at radius 3 is 2.42 bits per heavy atom. The molecule has 0 aromatic carbocycles. The van der Waals surface area contributed by atoms with Crippen molar-refractivity contribution >= 4 is 5.97 Å². The maximum absolute atomic E-state index is 13.4. The van der Waals surface area contributed by atoms with Gasteiger partial charge in [0.25, 0.3) is 0 Å². The first-order chi connectivity index (χ1) is 11.2. The van der Waals surface area contributed by atoms with Crippen LogP contribution in [-0.2, 0) is 9.53 Å². The minimum Gasteiger partial charge on any atom is -0.458 e. The minimum atomic E-state index is -0.373. The number of hydrogen-bond acceptors (Lipinski definition) is 2. The number of carbonyl (C=O) groups excluding carboxylic acids is 1. The molecule has 2 nitrogen and oxygen atoms in total. The van der Waals surface area contributed by atoms with Crippen LogP contribution in [0.25, 0.3) is 0 Å². The molecular formula is C22H40O2. The number of hydrogen-bond donors (Lipinski definition) is 0. The minimum absolute atomic E-state index is 0.0592. The van der Waals surface area contributed by atoms with Gasteiger partial charge in [0.2, 0.25) is 0 Å². The molecular weight excluding hydrogens is 296 g/mol. The Morgan fingerprint density at radius 2 is 1.88 bits per heavy atom. The lowest BCUT2D eigenvalue weighted by molar-refractivity contribution is -0.202. The molecule has 5 unspecified atom stereocenters. The van der Waals surface area contributed by atoms with Crippen molar-refractivity contribution in [3.63, 3.8) is 0 Å². The quantitative estimate of drug-likeness (QED) is 0.537. The van der Waals surface area contributed by atoms with E-state index in [2.05, 4.69) is 48.5 Å². The lowest BCUT2D eigenvalue weighted by Crippen LogP contribution is -2.55. The fraction of sp³-hybridized carbons (Fsp3) is 0.955. The van der Waals surface area contributed by atoms with E-state index in [0.29, 0.717) is 23.7 Å². The topological polar surface area (TPSA) is 26.3 Å². The molecule has 0 saturated heterocycles. The van der Waals surface area contributed by atoms with Crippen molar-refractivity contribution in [3.05, 3.63) is 0 Å². The molecule has 0 radical (unpaired) electrons. The molecule has 0 N–H and O–H groups in total. The first kappa shape index (κ1) is 19.8. The fourth-order valence-corrected chi connectivity index (χ4v) is 5.64. The van der Waals surface area contributed by atoms with Gasteiger partial charge in [-0.3, -0.25) is 4.79 Å². The van der Waals surface area contributed by atoms with Gasteiger partial charge in [0.15, 0.2) is 0 Å². The van der Waals surface area contributed by atoms with Crippen molar-refractivity contribution in [2.45, 2.75) is 99.0 Å². The first-order valence-corrected chi connectivity index (χ1v) is 10.4. The van der Waals surface area contributed by atoms with Gasteiger partial charge in [-0.05, 0) is 68.6 Å². The average Bonchev–Trinajstić information content (AvgIpc) is 2.50. The van der Waals surface area contributed by atoms with Gasteiger partial charge >= 0.3 is 5.97 Å². The molecule has 2 heteroatoms. The molecule has 2 aliphatic carbocycles. The van der Waals surface area contributed by atoms with E-state index < -0.39 is 0 Å². The lowest BCUT2D eigenvalue weighted by Gasteiger charge is -2.53. The van der Waals surface area contributed by atoms with Crippen LogP contribution in [0.2, 0.25) is 0 Å². The van der Waals surface area contributed by atoms with Crippen molar-refractivity contribution in [2.75, 3.05) is 0 Å². The number of rotatable bonds is 6. The predicted octanol–water partition coefficient (Wildman–Crippen LogP) is 6.23. The molecule has 2 saturated carbocycles. The second kappa shape index (κ2) is 7.38. The van der Waals surface area contributed by atoms with Crippen molar-refractivity contribution in [1.29, 1.82) is 0 Å². The number of esters is 1. The summed E-state index contributed by atoms with van der Waals surface area (Å²) < 4.78 is 6.51. The predicted molar refractivity (Wildman–Crippen MR) is 101 cm³/mol. The van der Waals surface area contributed by atoms with Crippen LogP contribution in [0.1, 0.15) is 93.4 Å². The first-order valence-electron chi connectivity index (χ1n) is 10.4. The van der Waals surface area contributed by atoms with Crippen LogP contribution in [0, 0.1) is 35.0 Å². The summed E-state index contributed by atoms with van der Waals surface area (Å²) in [7, 11) is 0. The van der Waals surface area contributed by atoms with Gasteiger partial charge in [-0.2, -0.15) is 0 Å². The van der Waals surface area contributed by atoms with E-state index in [4.69, 9.17) is 4.74 Å². The largest absolute Gasteiger partial charge is 0.458 e. The zero-order chi connectivity index (χ0) is 18.1. The summed E-state index contributed by atoms with van der Waals surface area (Å²) in [6.07, 6.45) is 8.32. The standard InChI is InChI=1S/C22H40O2/c1-8-22(17(6)12-18-10-9-11-19(22)13-18)24-20(23)21(7,16(4)5)14-15(2)3/h15-19H,8-14H2,1-7H3. The summed E-state index contributed by atoms with van der Waals surface area (Å²) >= 11 is 0. The Balaban J connectivity index is 2.25. The third-order valence-electron chi connectivity index (χ3n) is 7.40. The van der Waals surface area contributed by atoms with E-state index in [1.54, 1.807) is 0 Å². The summed E-state index contributed by atoms with van der Waals surface area (Å²) in [4.78, 5) is 13.4. The van der Waals surface area contributed by atoms with Gasteiger partial charge in [-0.25, -0.2) is 0 Å². The van der Waals surface area contributed by atoms with E-state index in [1.165, 1.54) is 32.1 Å². The Morgan fingerprint density at radius 1 is 1.21 bits per heavy atom. The summed E-state index contributed by atoms with van der Waals surface area (Å²) in [6, 6.07) is 0. The molecule has 2 rings (SSSR count). The van der Waals surface area contributed by atoms with Gasteiger partial charge in [-0.1, -0.05) is 54.4 Å². The van der Waals surface area contributed by atoms with Gasteiger partial charge in [0.05, 0.1) is 5.41 Å². The Kier molecular flexibility index (Phi) is 6.08. The zero-order valence-corrected chi connectivity index (χ0v) is 17.2. The van der Waals surface area contributed by atoms with Crippen LogP contribution >= 0.6 is 0 Å². The molecule has 0 aromatic heterocycles. The molecule has 0 aromatic rings. The second-order valence-electron chi connectivity index (χ2n) is 9.73. The molecule has 2 bridgehead atoms. The molecule has 2 fully saturated rings. The van der Waals surface area contributed by atoms with E-state index in [1.807, 2.05) is 0 Å². The monoisotopic (exact) mass is 336 g/mol. The van der Waals surface area contributed by atoms with Gasteiger partial charge in [0, 0.05) is 0 Å². The second-order valence-corrected chi connectivity index (χ2v) is 9.73. The zero-order valence-electron chi connectivity index (χ0n) is 17.2. The maximum atomic E-state index is 13.4. The Labute approximate surface area is 150 Å². The van der Waals surface area contributed by atoms with E-state index in [0.717, 1.165) is 18.8 Å². The van der Waals surface area contributed by atoms with Gasteiger partial charge in [-0.15, -0.1) is 0 Å². The van der Waals surface area contributed by atoms with Crippen LogP contribution in [0.15, 0.2) is 0 Å². The lowest BCUT2D eigenvalue weighted by atomic mass is 9.59. The van der Waals surface area contributed by atoms with Gasteiger partial charge in [0.1, 0.15) is 5.60 Å². The highest BCUT2D eigenvalue weighted by atomic mass is 16.6. The molecule has 0 heterocycles. The number of fused-ring (bicyclic) bond motifs is 2. The third kappa shape index (κ3) is 3.53. The van der Waals surface area contributed by atoms with Crippen molar-refractivity contribution < 1.29 is 9.53 Å². The van der Waals surface area contributed by atoms with Crippen LogP contribution in [0.5, 0.6) is 0 Å². The average molecular weight is 337 g/mol. The smallest absolute Gasteiger partial charge is 0.312 e. The van der Waals surface area contributed by atoms with Gasteiger partial charge < -0.3 is 4.74 Å². The molecule has 0 spiro atoms. The molecule has 5 atom stereocenters. The van der Waals surface area contributed by atoms with E-state index >= 15 is 0 Å². The molecule has 0 aliphatic heterocycles. The van der Waals surface area contributed by atoms with Crippen molar-refractivity contribution in [2.24, 2.45) is 35.0 Å². The highest BCUT2D eigenvalue weighted by molar-refractivity contribution is 5.77. The van der Waals surface area contributed by atoms with Crippen molar-refractivity contribution in [3.8, 4) is 0 Å². The summed E-state index contributed by atoms with van der Waals surface area (Å²) in [6.45, 7) is 15.4. The molecule has 140 valence electrons. The van der Waals surface area contributed by atoms with E-state index in [9.17, 15) is 4.79 Å². The maximum Gasteiger partial charge on any atom is 0.312 e. The summed E-state index contributed by atoms with van der Waals surface area (Å²) in [5.41, 5.74) is -0.595. The molecule has 24 heavy (non-hydrogen) atoms. The third-order valence-corrected chi connectivity index (χ3v) is 7.40. The van der Waals surface area contributed by atoms with Crippen LogP contribution < -0.4 is 0 Å².